The topological polar surface area (TPSA) is 161 Å². The molecule has 0 aliphatic carbocycles. The molecule has 0 spiro atoms. The molecule has 0 amide bonds. The number of benzene rings is 8. The van der Waals surface area contributed by atoms with Crippen LogP contribution >= 0.6 is 62.3 Å². The summed E-state index contributed by atoms with van der Waals surface area (Å²) in [6.07, 6.45) is 2.79. The van der Waals surface area contributed by atoms with E-state index in [0.717, 1.165) is 65.6 Å². The van der Waals surface area contributed by atoms with Crippen molar-refractivity contribution in [2.45, 2.75) is 93.0 Å². The third kappa shape index (κ3) is 16.5. The minimum atomic E-state index is -0.435. The lowest BCUT2D eigenvalue weighted by molar-refractivity contribution is 0.00578. The summed E-state index contributed by atoms with van der Waals surface area (Å²) in [5.41, 5.74) is 12.1. The molecule has 0 atom stereocenters. The molecular formula is C70H68BBrCl4O14. The first kappa shape index (κ1) is 69.9. The molecule has 14 nitrogen and oxygen atoms in total. The second-order valence-electron chi connectivity index (χ2n) is 21.6. The fourth-order valence-corrected chi connectivity index (χ4v) is 10.8. The van der Waals surface area contributed by atoms with Crippen LogP contribution < -0.4 is 43.4 Å². The molecule has 1 fully saturated rings. The van der Waals surface area contributed by atoms with Gasteiger partial charge < -0.3 is 47.2 Å². The summed E-state index contributed by atoms with van der Waals surface area (Å²) in [7, 11) is 5.54. The van der Waals surface area contributed by atoms with E-state index in [1.807, 2.05) is 102 Å². The van der Waals surface area contributed by atoms with Crippen molar-refractivity contribution in [1.82, 2.24) is 0 Å². The number of ether oxygens (including phenoxy) is 8. The Balaban J connectivity index is 0.000000202. The van der Waals surface area contributed by atoms with Crippen LogP contribution in [0, 0.1) is 27.7 Å². The molecule has 470 valence electrons. The van der Waals surface area contributed by atoms with Crippen LogP contribution in [0.4, 0.5) is 0 Å². The van der Waals surface area contributed by atoms with E-state index in [-0.39, 0.29) is 13.2 Å². The smallest absolute Gasteiger partial charge is 0.495 e. The summed E-state index contributed by atoms with van der Waals surface area (Å²) in [6.45, 7) is 17.5. The van der Waals surface area contributed by atoms with Crippen molar-refractivity contribution < 1.29 is 66.4 Å². The van der Waals surface area contributed by atoms with Gasteiger partial charge in [-0.2, -0.15) is 0 Å². The summed E-state index contributed by atoms with van der Waals surface area (Å²) in [4.78, 5) is 44.6. The predicted octanol–water partition coefficient (Wildman–Crippen LogP) is 17.2. The first-order valence-electron chi connectivity index (χ1n) is 28.1. The molecule has 1 heterocycles. The van der Waals surface area contributed by atoms with Crippen LogP contribution in [0.3, 0.4) is 0 Å². The average Bonchev–Trinajstić information content (AvgIpc) is 1.85. The second kappa shape index (κ2) is 31.5. The quantitative estimate of drug-likeness (QED) is 0.0466. The lowest BCUT2D eigenvalue weighted by atomic mass is 9.75. The van der Waals surface area contributed by atoms with E-state index in [2.05, 4.69) is 41.9 Å². The molecule has 8 aromatic carbocycles. The Hall–Kier alpha value is -7.54. The van der Waals surface area contributed by atoms with Crippen molar-refractivity contribution >= 4 is 100 Å². The molecule has 20 heteroatoms. The molecule has 1 saturated heterocycles. The first-order valence-corrected chi connectivity index (χ1v) is 30.4. The molecular weight excluding hydrogens is 1300 g/mol. The van der Waals surface area contributed by atoms with E-state index in [1.165, 1.54) is 52.7 Å². The molecule has 0 aromatic heterocycles. The number of hydrogen-bond donors (Lipinski definition) is 0. The number of carbonyl (C=O) groups is 4. The van der Waals surface area contributed by atoms with Gasteiger partial charge in [-0.25, -0.2) is 0 Å². The van der Waals surface area contributed by atoms with Crippen LogP contribution in [0.1, 0.15) is 114 Å². The highest BCUT2D eigenvalue weighted by atomic mass is 79.9. The molecule has 90 heavy (non-hydrogen) atoms. The standard InChI is InChI=1S/C32H28Cl2O6.C22H26BClO5.C16H14BrClO3/c1-19-21(17-39-31-13-29(37-3)23(15-35)11-27(31)33)7-5-9-25(19)26-10-6-8-22(20(26)2)18-40-32-14-30(38-4)24(16-36)12-28(32)34;1-14-15(13-27-20-11-19(26-6)16(12-25)10-18(20)24)8-7-9-17(14)23-28-21(2,3)22(4,5)29-23;1-10-11(4-3-5-13(10)17)9-21-16-7-15(20-2)12(8-19)6-14(16)18/h5-16H,17-18H2,1-4H3;7-12H,13H2,1-6H3;3-8H,9H2,1-2H3. The van der Waals surface area contributed by atoms with E-state index in [1.54, 1.807) is 24.3 Å². The number of halogens is 5. The summed E-state index contributed by atoms with van der Waals surface area (Å²) >= 11 is 28.6. The fourth-order valence-electron chi connectivity index (χ4n) is 9.50. The van der Waals surface area contributed by atoms with Gasteiger partial charge in [0.1, 0.15) is 72.4 Å². The van der Waals surface area contributed by atoms with E-state index in [0.29, 0.717) is 127 Å². The zero-order valence-corrected chi connectivity index (χ0v) is 56.5. The van der Waals surface area contributed by atoms with Crippen LogP contribution in [0.5, 0.6) is 46.0 Å². The number of rotatable bonds is 22. The van der Waals surface area contributed by atoms with Crippen LogP contribution in [-0.2, 0) is 35.7 Å². The van der Waals surface area contributed by atoms with Crippen molar-refractivity contribution in [2.24, 2.45) is 0 Å². The number of carbonyl (C=O) groups excluding carboxylic acids is 4. The first-order chi connectivity index (χ1) is 43.0. The van der Waals surface area contributed by atoms with Gasteiger partial charge >= 0.3 is 7.12 Å². The lowest BCUT2D eigenvalue weighted by Gasteiger charge is -2.32. The van der Waals surface area contributed by atoms with E-state index in [4.69, 9.17) is 93.6 Å². The van der Waals surface area contributed by atoms with E-state index >= 15 is 0 Å². The minimum absolute atomic E-state index is 0.280. The maximum atomic E-state index is 11.3. The van der Waals surface area contributed by atoms with Gasteiger partial charge in [0.15, 0.2) is 25.1 Å². The van der Waals surface area contributed by atoms with Gasteiger partial charge in [0.25, 0.3) is 0 Å². The minimum Gasteiger partial charge on any atom is -0.496 e. The molecule has 1 aliphatic heterocycles. The molecule has 0 unspecified atom stereocenters. The molecule has 9 rings (SSSR count). The van der Waals surface area contributed by atoms with Crippen molar-refractivity contribution in [3.8, 4) is 57.1 Å². The normalized spacial score (nSPS) is 12.7. The predicted molar refractivity (Wildman–Crippen MR) is 358 cm³/mol. The Morgan fingerprint density at radius 1 is 0.400 bits per heavy atom. The maximum Gasteiger partial charge on any atom is 0.495 e. The lowest BCUT2D eigenvalue weighted by Crippen LogP contribution is -2.41. The highest BCUT2D eigenvalue weighted by Gasteiger charge is 2.52. The molecule has 0 radical (unpaired) electrons. The van der Waals surface area contributed by atoms with Gasteiger partial charge in [-0.3, -0.25) is 19.2 Å². The van der Waals surface area contributed by atoms with Crippen LogP contribution in [0.25, 0.3) is 11.1 Å². The van der Waals surface area contributed by atoms with Gasteiger partial charge in [-0.05, 0) is 147 Å². The second-order valence-corrected chi connectivity index (χ2v) is 24.1. The largest absolute Gasteiger partial charge is 0.496 e. The van der Waals surface area contributed by atoms with Crippen molar-refractivity contribution in [3.63, 3.8) is 0 Å². The Kier molecular flexibility index (Phi) is 24.5. The van der Waals surface area contributed by atoms with E-state index in [9.17, 15) is 19.2 Å². The van der Waals surface area contributed by atoms with Gasteiger partial charge in [0.2, 0.25) is 0 Å². The molecule has 0 saturated carbocycles. The van der Waals surface area contributed by atoms with Crippen LogP contribution in [0.15, 0.2) is 126 Å². The Labute approximate surface area is 554 Å². The van der Waals surface area contributed by atoms with Crippen LogP contribution in [0.2, 0.25) is 20.1 Å². The molecule has 8 aromatic rings. The van der Waals surface area contributed by atoms with E-state index < -0.39 is 18.3 Å². The van der Waals surface area contributed by atoms with Crippen molar-refractivity contribution in [2.75, 3.05) is 28.4 Å². The zero-order valence-electron chi connectivity index (χ0n) is 51.9. The number of hydrogen-bond acceptors (Lipinski definition) is 14. The fraction of sp³-hybridized carbons (Fsp3) is 0.257. The Morgan fingerprint density at radius 3 is 0.978 bits per heavy atom. The maximum absolute atomic E-state index is 11.3. The third-order valence-electron chi connectivity index (χ3n) is 15.7. The highest BCUT2D eigenvalue weighted by molar-refractivity contribution is 9.10. The van der Waals surface area contributed by atoms with Crippen LogP contribution in [-0.4, -0.2) is 71.9 Å². The Bertz CT molecular complexity index is 3800. The summed E-state index contributed by atoms with van der Waals surface area (Å²) in [5, 5.41) is 1.40. The monoisotopic (exact) mass is 1360 g/mol. The molecule has 0 bridgehead atoms. The molecule has 0 N–H and O–H groups in total. The SMILES string of the molecule is COc1cc(OCc2cccc(-c3cccc(COc4cc(OC)c(C=O)cc4Cl)c3C)c2C)c(Cl)cc1C=O.COc1cc(OCc2cccc(B3OC(C)(C)C(C)(C)O3)c2C)c(Cl)cc1C=O.COc1cc(OCc2cccc(Br)c2C)c(Cl)cc1C=O. The average molecular weight is 1370 g/mol. The summed E-state index contributed by atoms with van der Waals surface area (Å²) in [5.74, 6) is 3.45. The highest BCUT2D eigenvalue weighted by Crippen LogP contribution is 2.40. The van der Waals surface area contributed by atoms with Gasteiger partial charge in [-0.15, -0.1) is 0 Å². The van der Waals surface area contributed by atoms with Gasteiger partial charge in [0.05, 0.1) is 82.0 Å². The van der Waals surface area contributed by atoms with Crippen molar-refractivity contribution in [1.29, 1.82) is 0 Å². The van der Waals surface area contributed by atoms with Gasteiger partial charge in [0, 0.05) is 28.7 Å². The third-order valence-corrected chi connectivity index (χ3v) is 17.8. The van der Waals surface area contributed by atoms with Gasteiger partial charge in [-0.1, -0.05) is 129 Å². The van der Waals surface area contributed by atoms with Crippen molar-refractivity contribution in [3.05, 3.63) is 213 Å². The zero-order chi connectivity index (χ0) is 65.6. The number of aldehydes is 4. The molecule has 1 aliphatic rings. The summed E-state index contributed by atoms with van der Waals surface area (Å²) < 4.78 is 58.1. The Morgan fingerprint density at radius 2 is 0.678 bits per heavy atom. The number of methoxy groups -OCH3 is 4. The summed E-state index contributed by atoms with van der Waals surface area (Å²) in [6, 6.07) is 36.6.